The van der Waals surface area contributed by atoms with E-state index in [1.54, 1.807) is 0 Å². The van der Waals surface area contributed by atoms with Crippen LogP contribution >= 0.6 is 0 Å². The Labute approximate surface area is 161 Å². The number of nitrogens with zero attached hydrogens (tertiary/aromatic N) is 1. The van der Waals surface area contributed by atoms with Gasteiger partial charge in [-0.3, -0.25) is 9.69 Å². The molecule has 1 N–H and O–H groups in total. The van der Waals surface area contributed by atoms with Crippen molar-refractivity contribution in [3.05, 3.63) is 59.7 Å². The van der Waals surface area contributed by atoms with Crippen LogP contribution in [0.3, 0.4) is 0 Å². The van der Waals surface area contributed by atoms with Gasteiger partial charge in [0.05, 0.1) is 0 Å². The fourth-order valence-corrected chi connectivity index (χ4v) is 4.17. The first-order valence-corrected chi connectivity index (χ1v) is 10.1. The van der Waals surface area contributed by atoms with Crippen LogP contribution in [0.2, 0.25) is 0 Å². The van der Waals surface area contributed by atoms with Gasteiger partial charge >= 0.3 is 0 Å². The van der Waals surface area contributed by atoms with Crippen molar-refractivity contribution in [2.24, 2.45) is 5.92 Å². The average molecular weight is 364 g/mol. The minimum Gasteiger partial charge on any atom is -0.492 e. The largest absolute Gasteiger partial charge is 0.492 e. The van der Waals surface area contributed by atoms with Crippen molar-refractivity contribution in [3.8, 4) is 5.75 Å². The summed E-state index contributed by atoms with van der Waals surface area (Å²) in [7, 11) is 0. The standard InChI is InChI=1S/C23H28N2O2/c26-23-10-9-20-21(24-23)7-4-8-22(20)27-16-15-25-13-11-19(12-14-25)17-18-5-2-1-3-6-18/h1-8,19H,9-17H2,(H,24,26). The molecule has 1 fully saturated rings. The lowest BCUT2D eigenvalue weighted by atomic mass is 9.90. The second-order valence-electron chi connectivity index (χ2n) is 7.65. The van der Waals surface area contributed by atoms with Gasteiger partial charge in [-0.15, -0.1) is 0 Å². The number of piperidine rings is 1. The summed E-state index contributed by atoms with van der Waals surface area (Å²) in [5.41, 5.74) is 3.50. The van der Waals surface area contributed by atoms with Gasteiger partial charge in [0.15, 0.2) is 0 Å². The molecule has 0 aliphatic carbocycles. The number of hydrogen-bond acceptors (Lipinski definition) is 3. The van der Waals surface area contributed by atoms with Crippen molar-refractivity contribution in [2.45, 2.75) is 32.1 Å². The Morgan fingerprint density at radius 1 is 1.00 bits per heavy atom. The first kappa shape index (κ1) is 18.1. The monoisotopic (exact) mass is 364 g/mol. The number of carbonyl (C=O) groups excluding carboxylic acids is 1. The molecule has 4 heteroatoms. The van der Waals surface area contributed by atoms with E-state index in [9.17, 15) is 4.79 Å². The molecule has 4 nitrogen and oxygen atoms in total. The number of ether oxygens (including phenoxy) is 1. The molecule has 142 valence electrons. The predicted molar refractivity (Wildman–Crippen MR) is 108 cm³/mol. The van der Waals surface area contributed by atoms with Crippen molar-refractivity contribution < 1.29 is 9.53 Å². The Kier molecular flexibility index (Phi) is 5.73. The van der Waals surface area contributed by atoms with Gasteiger partial charge in [0.2, 0.25) is 5.91 Å². The highest BCUT2D eigenvalue weighted by atomic mass is 16.5. The molecule has 2 aliphatic heterocycles. The Morgan fingerprint density at radius 3 is 2.63 bits per heavy atom. The zero-order chi connectivity index (χ0) is 18.5. The van der Waals surface area contributed by atoms with E-state index in [2.05, 4.69) is 40.5 Å². The molecule has 2 aromatic carbocycles. The van der Waals surface area contributed by atoms with Crippen LogP contribution in [0.25, 0.3) is 0 Å². The summed E-state index contributed by atoms with van der Waals surface area (Å²) in [5, 5.41) is 2.94. The minimum absolute atomic E-state index is 0.0954. The van der Waals surface area contributed by atoms with Crippen molar-refractivity contribution >= 4 is 11.6 Å². The molecule has 2 aliphatic rings. The third kappa shape index (κ3) is 4.69. The molecule has 0 unspecified atom stereocenters. The fraction of sp³-hybridized carbons (Fsp3) is 0.435. The van der Waals surface area contributed by atoms with Crippen LogP contribution < -0.4 is 10.1 Å². The highest BCUT2D eigenvalue weighted by Crippen LogP contribution is 2.31. The highest BCUT2D eigenvalue weighted by Gasteiger charge is 2.20. The third-order valence-electron chi connectivity index (χ3n) is 5.75. The first-order valence-electron chi connectivity index (χ1n) is 10.1. The second kappa shape index (κ2) is 8.57. The summed E-state index contributed by atoms with van der Waals surface area (Å²) in [5.74, 6) is 1.82. The van der Waals surface area contributed by atoms with Gasteiger partial charge in [-0.05, 0) is 62.4 Å². The molecule has 2 heterocycles. The molecule has 1 amide bonds. The van der Waals surface area contributed by atoms with Crippen LogP contribution in [0.5, 0.6) is 5.75 Å². The van der Waals surface area contributed by atoms with Gasteiger partial charge < -0.3 is 10.1 Å². The number of rotatable bonds is 6. The molecule has 0 bridgehead atoms. The Bertz CT molecular complexity index is 767. The van der Waals surface area contributed by atoms with Crippen molar-refractivity contribution in [2.75, 3.05) is 31.6 Å². The highest BCUT2D eigenvalue weighted by molar-refractivity contribution is 5.94. The van der Waals surface area contributed by atoms with Gasteiger partial charge in [-0.2, -0.15) is 0 Å². The van der Waals surface area contributed by atoms with Crippen molar-refractivity contribution in [3.63, 3.8) is 0 Å². The number of nitrogens with one attached hydrogen (secondary N) is 1. The molecular weight excluding hydrogens is 336 g/mol. The third-order valence-corrected chi connectivity index (χ3v) is 5.75. The fourth-order valence-electron chi connectivity index (χ4n) is 4.17. The van der Waals surface area contributed by atoms with Gasteiger partial charge in [0.1, 0.15) is 12.4 Å². The van der Waals surface area contributed by atoms with E-state index in [0.717, 1.165) is 49.0 Å². The molecular formula is C23H28N2O2. The molecule has 0 atom stereocenters. The summed E-state index contributed by atoms with van der Waals surface area (Å²) in [4.78, 5) is 14.1. The zero-order valence-corrected chi connectivity index (χ0v) is 15.8. The average Bonchev–Trinajstić information content (AvgIpc) is 2.70. The summed E-state index contributed by atoms with van der Waals surface area (Å²) < 4.78 is 6.07. The van der Waals surface area contributed by atoms with E-state index in [4.69, 9.17) is 4.74 Å². The van der Waals surface area contributed by atoms with Gasteiger partial charge in [-0.25, -0.2) is 0 Å². The second-order valence-corrected chi connectivity index (χ2v) is 7.65. The van der Waals surface area contributed by atoms with E-state index < -0.39 is 0 Å². The van der Waals surface area contributed by atoms with Crippen LogP contribution in [0.4, 0.5) is 5.69 Å². The van der Waals surface area contributed by atoms with Gasteiger partial charge in [0, 0.05) is 24.2 Å². The number of fused-ring (bicyclic) bond motifs is 1. The summed E-state index contributed by atoms with van der Waals surface area (Å²) >= 11 is 0. The van der Waals surface area contributed by atoms with E-state index >= 15 is 0 Å². The van der Waals surface area contributed by atoms with E-state index in [-0.39, 0.29) is 5.91 Å². The van der Waals surface area contributed by atoms with Crippen molar-refractivity contribution in [1.29, 1.82) is 0 Å². The van der Waals surface area contributed by atoms with Crippen LogP contribution in [-0.2, 0) is 17.6 Å². The van der Waals surface area contributed by atoms with Crippen LogP contribution in [-0.4, -0.2) is 37.0 Å². The van der Waals surface area contributed by atoms with E-state index in [0.29, 0.717) is 13.0 Å². The maximum Gasteiger partial charge on any atom is 0.224 e. The molecule has 27 heavy (non-hydrogen) atoms. The van der Waals surface area contributed by atoms with E-state index in [1.165, 1.54) is 24.8 Å². The molecule has 0 aromatic heterocycles. The molecule has 4 rings (SSSR count). The number of carbonyl (C=O) groups is 1. The summed E-state index contributed by atoms with van der Waals surface area (Å²) in [6.45, 7) is 3.98. The quantitative estimate of drug-likeness (QED) is 0.845. The van der Waals surface area contributed by atoms with E-state index in [1.807, 2.05) is 18.2 Å². The van der Waals surface area contributed by atoms with Gasteiger partial charge in [0.25, 0.3) is 0 Å². The summed E-state index contributed by atoms with van der Waals surface area (Å²) in [6.07, 6.45) is 5.04. The SMILES string of the molecule is O=C1CCc2c(cccc2OCCN2CCC(Cc3ccccc3)CC2)N1. The predicted octanol–water partition coefficient (Wildman–Crippen LogP) is 3.90. The Morgan fingerprint density at radius 2 is 1.81 bits per heavy atom. The minimum atomic E-state index is 0.0954. The molecule has 0 spiro atoms. The lowest BCUT2D eigenvalue weighted by Crippen LogP contribution is -2.37. The van der Waals surface area contributed by atoms with Crippen LogP contribution in [0, 0.1) is 5.92 Å². The number of likely N-dealkylation sites (tertiary alicyclic amines) is 1. The molecule has 1 saturated heterocycles. The number of benzene rings is 2. The van der Waals surface area contributed by atoms with Crippen molar-refractivity contribution in [1.82, 2.24) is 4.90 Å². The van der Waals surface area contributed by atoms with Crippen LogP contribution in [0.15, 0.2) is 48.5 Å². The first-order chi connectivity index (χ1) is 13.3. The molecule has 0 saturated carbocycles. The topological polar surface area (TPSA) is 41.6 Å². The lowest BCUT2D eigenvalue weighted by molar-refractivity contribution is -0.116. The summed E-state index contributed by atoms with van der Waals surface area (Å²) in [6, 6.07) is 16.8. The Hall–Kier alpha value is -2.33. The number of hydrogen-bond donors (Lipinski definition) is 1. The van der Waals surface area contributed by atoms with Crippen LogP contribution in [0.1, 0.15) is 30.4 Å². The Balaban J connectivity index is 1.22. The normalized spacial score (nSPS) is 18.0. The number of amides is 1. The van der Waals surface area contributed by atoms with Gasteiger partial charge in [-0.1, -0.05) is 36.4 Å². The maximum atomic E-state index is 11.5. The molecule has 2 aromatic rings. The molecule has 0 radical (unpaired) electrons. The smallest absolute Gasteiger partial charge is 0.224 e. The number of anilines is 1. The maximum absolute atomic E-state index is 11.5. The zero-order valence-electron chi connectivity index (χ0n) is 15.8. The lowest BCUT2D eigenvalue weighted by Gasteiger charge is -2.32.